The first-order chi connectivity index (χ1) is 10.1. The molecule has 0 N–H and O–H groups in total. The van der Waals surface area contributed by atoms with Gasteiger partial charge in [0.15, 0.2) is 0 Å². The second kappa shape index (κ2) is 6.18. The third-order valence-electron chi connectivity index (χ3n) is 4.33. The van der Waals surface area contributed by atoms with Gasteiger partial charge in [-0.1, -0.05) is 28.8 Å². The van der Waals surface area contributed by atoms with Crippen molar-refractivity contribution in [2.24, 2.45) is 0 Å². The molecule has 1 heterocycles. The monoisotopic (exact) mass is 307 g/mol. The number of allylic oxidation sites excluding steroid dienone is 1. The van der Waals surface area contributed by atoms with E-state index in [4.69, 9.17) is 11.6 Å². The molecule has 2 nitrogen and oxygen atoms in total. The van der Waals surface area contributed by atoms with Crippen LogP contribution in [0, 0.1) is 5.82 Å². The zero-order valence-electron chi connectivity index (χ0n) is 12.0. The van der Waals surface area contributed by atoms with Crippen LogP contribution < -0.4 is 0 Å². The number of carbonyl (C=O) groups is 1. The van der Waals surface area contributed by atoms with Crippen molar-refractivity contribution in [1.82, 2.24) is 4.90 Å². The molecule has 1 aromatic rings. The van der Waals surface area contributed by atoms with Crippen LogP contribution in [0.2, 0.25) is 5.02 Å². The van der Waals surface area contributed by atoms with Crippen molar-refractivity contribution in [2.75, 3.05) is 13.1 Å². The summed E-state index contributed by atoms with van der Waals surface area (Å²) < 4.78 is 13.4. The number of halogens is 2. The highest BCUT2D eigenvalue weighted by Gasteiger charge is 2.24. The molecule has 21 heavy (non-hydrogen) atoms. The van der Waals surface area contributed by atoms with Gasteiger partial charge in [-0.3, -0.25) is 4.79 Å². The van der Waals surface area contributed by atoms with Crippen LogP contribution in [-0.2, 0) is 11.2 Å². The Balaban J connectivity index is 1.50. The highest BCUT2D eigenvalue weighted by atomic mass is 35.5. The van der Waals surface area contributed by atoms with Gasteiger partial charge in [-0.15, -0.1) is 0 Å². The summed E-state index contributed by atoms with van der Waals surface area (Å²) in [6.07, 6.45) is 5.62. The minimum absolute atomic E-state index is 0.127. The fourth-order valence-electron chi connectivity index (χ4n) is 2.90. The first-order valence-electron chi connectivity index (χ1n) is 7.55. The van der Waals surface area contributed by atoms with Gasteiger partial charge < -0.3 is 4.90 Å². The lowest BCUT2D eigenvalue weighted by Gasteiger charge is -2.28. The van der Waals surface area contributed by atoms with E-state index in [1.807, 2.05) is 4.90 Å². The number of piperidine rings is 1. The van der Waals surface area contributed by atoms with Crippen LogP contribution >= 0.6 is 11.6 Å². The van der Waals surface area contributed by atoms with E-state index < -0.39 is 5.82 Å². The summed E-state index contributed by atoms with van der Waals surface area (Å²) in [6, 6.07) is 4.75. The van der Waals surface area contributed by atoms with Gasteiger partial charge in [-0.05, 0) is 49.8 Å². The average molecular weight is 308 g/mol. The van der Waals surface area contributed by atoms with Crippen LogP contribution in [0.1, 0.15) is 37.7 Å². The van der Waals surface area contributed by atoms with Gasteiger partial charge in [0.2, 0.25) is 5.91 Å². The van der Waals surface area contributed by atoms with Crippen LogP contribution in [0.3, 0.4) is 0 Å². The van der Waals surface area contributed by atoms with Gasteiger partial charge in [0.05, 0.1) is 5.02 Å². The average Bonchev–Trinajstić information content (AvgIpc) is 3.33. The topological polar surface area (TPSA) is 20.3 Å². The van der Waals surface area contributed by atoms with Gasteiger partial charge in [0, 0.05) is 19.5 Å². The van der Waals surface area contributed by atoms with Crippen molar-refractivity contribution in [3.05, 3.63) is 45.7 Å². The molecule has 0 radical (unpaired) electrons. The highest BCUT2D eigenvalue weighted by Crippen LogP contribution is 2.36. The van der Waals surface area contributed by atoms with Crippen molar-refractivity contribution in [3.63, 3.8) is 0 Å². The second-order valence-electron chi connectivity index (χ2n) is 5.84. The number of benzene rings is 1. The summed E-state index contributed by atoms with van der Waals surface area (Å²) in [4.78, 5) is 14.1. The molecule has 0 unspecified atom stereocenters. The Morgan fingerprint density at radius 3 is 2.43 bits per heavy atom. The van der Waals surface area contributed by atoms with E-state index >= 15 is 0 Å². The lowest BCUT2D eigenvalue weighted by atomic mass is 10.0. The molecule has 0 spiro atoms. The molecule has 112 valence electrons. The molecule has 0 bridgehead atoms. The molecule has 1 saturated heterocycles. The molecule has 0 aromatic heterocycles. The number of amides is 1. The first-order valence-corrected chi connectivity index (χ1v) is 7.93. The Labute approximate surface area is 129 Å². The van der Waals surface area contributed by atoms with Crippen molar-refractivity contribution < 1.29 is 9.18 Å². The standard InChI is InChI=1S/C17H19ClFNO/c18-15-5-1-12(11-16(15)19)2-6-17(21)20-9-7-14(8-10-20)13-3-4-13/h1,5,11H,2-4,6-10H2. The quantitative estimate of drug-likeness (QED) is 0.769. The number of aryl methyl sites for hydroxylation is 1. The zero-order chi connectivity index (χ0) is 14.8. The summed E-state index contributed by atoms with van der Waals surface area (Å²) >= 11 is 5.65. The Morgan fingerprint density at radius 1 is 1.14 bits per heavy atom. The van der Waals surface area contributed by atoms with Crippen molar-refractivity contribution in [3.8, 4) is 0 Å². The van der Waals surface area contributed by atoms with Crippen molar-refractivity contribution >= 4 is 17.5 Å². The van der Waals surface area contributed by atoms with E-state index in [-0.39, 0.29) is 10.9 Å². The third kappa shape index (κ3) is 3.65. The number of carbonyl (C=O) groups excluding carboxylic acids is 1. The molecule has 1 amide bonds. The van der Waals surface area contributed by atoms with E-state index in [0.717, 1.165) is 31.5 Å². The smallest absolute Gasteiger partial charge is 0.222 e. The number of likely N-dealkylation sites (tertiary alicyclic amines) is 1. The second-order valence-corrected chi connectivity index (χ2v) is 6.24. The summed E-state index contributed by atoms with van der Waals surface area (Å²) in [7, 11) is 0. The van der Waals surface area contributed by atoms with E-state index in [2.05, 4.69) is 0 Å². The molecular weight excluding hydrogens is 289 g/mol. The Bertz CT molecular complexity index is 580. The maximum absolute atomic E-state index is 13.4. The van der Waals surface area contributed by atoms with Gasteiger partial charge >= 0.3 is 0 Å². The number of hydrogen-bond donors (Lipinski definition) is 0. The van der Waals surface area contributed by atoms with Crippen LogP contribution in [0.15, 0.2) is 29.3 Å². The Morgan fingerprint density at radius 2 is 1.81 bits per heavy atom. The summed E-state index contributed by atoms with van der Waals surface area (Å²) in [5, 5.41) is 0.127. The fraction of sp³-hybridized carbons (Fsp3) is 0.471. The molecule has 1 aliphatic carbocycles. The van der Waals surface area contributed by atoms with Crippen LogP contribution in [0.4, 0.5) is 4.39 Å². The molecule has 1 saturated carbocycles. The molecule has 0 atom stereocenters. The van der Waals surface area contributed by atoms with E-state index in [1.54, 1.807) is 23.3 Å². The predicted molar refractivity (Wildman–Crippen MR) is 81.8 cm³/mol. The first kappa shape index (κ1) is 14.6. The molecule has 4 heteroatoms. The minimum Gasteiger partial charge on any atom is -0.342 e. The maximum atomic E-state index is 13.4. The number of nitrogens with zero attached hydrogens (tertiary/aromatic N) is 1. The van der Waals surface area contributed by atoms with Gasteiger partial charge in [-0.25, -0.2) is 4.39 Å². The highest BCUT2D eigenvalue weighted by molar-refractivity contribution is 6.30. The molecule has 2 aliphatic rings. The van der Waals surface area contributed by atoms with Crippen LogP contribution in [0.5, 0.6) is 0 Å². The van der Waals surface area contributed by atoms with Crippen molar-refractivity contribution in [1.29, 1.82) is 0 Å². The molecular formula is C17H19ClFNO. The molecule has 3 rings (SSSR count). The minimum atomic E-state index is -0.416. The van der Waals surface area contributed by atoms with Crippen LogP contribution in [-0.4, -0.2) is 23.9 Å². The molecule has 1 aromatic carbocycles. The van der Waals surface area contributed by atoms with Gasteiger partial charge in [0.1, 0.15) is 5.82 Å². The van der Waals surface area contributed by atoms with E-state index in [9.17, 15) is 9.18 Å². The van der Waals surface area contributed by atoms with E-state index in [0.29, 0.717) is 12.8 Å². The number of hydrogen-bond acceptors (Lipinski definition) is 1. The Kier molecular flexibility index (Phi) is 4.29. The van der Waals surface area contributed by atoms with Gasteiger partial charge in [0.25, 0.3) is 0 Å². The fourth-order valence-corrected chi connectivity index (χ4v) is 3.02. The molecule has 1 aliphatic heterocycles. The lowest BCUT2D eigenvalue weighted by Crippen LogP contribution is -2.36. The predicted octanol–water partition coefficient (Wildman–Crippen LogP) is 4.12. The SMILES string of the molecule is O=C(CCc1ccc(Cl)c(F)c1)N1CCC(=C2CC2)CC1. The van der Waals surface area contributed by atoms with Crippen molar-refractivity contribution in [2.45, 2.75) is 38.5 Å². The van der Waals surface area contributed by atoms with Crippen LogP contribution in [0.25, 0.3) is 0 Å². The van der Waals surface area contributed by atoms with Gasteiger partial charge in [-0.2, -0.15) is 0 Å². The van der Waals surface area contributed by atoms with E-state index in [1.165, 1.54) is 18.9 Å². The Hall–Kier alpha value is -1.35. The summed E-state index contributed by atoms with van der Waals surface area (Å²) in [5.74, 6) is -0.245. The largest absolute Gasteiger partial charge is 0.342 e. The molecule has 2 fully saturated rings. The lowest BCUT2D eigenvalue weighted by molar-refractivity contribution is -0.131. The number of rotatable bonds is 3. The maximum Gasteiger partial charge on any atom is 0.222 e. The summed E-state index contributed by atoms with van der Waals surface area (Å²) in [5.41, 5.74) is 4.03. The normalized spacial score (nSPS) is 18.1. The third-order valence-corrected chi connectivity index (χ3v) is 4.64. The zero-order valence-corrected chi connectivity index (χ0v) is 12.8. The summed E-state index contributed by atoms with van der Waals surface area (Å²) in [6.45, 7) is 1.68.